The largest absolute Gasteiger partial charge is 0.379 e. The Bertz CT molecular complexity index is 2540. The van der Waals surface area contributed by atoms with Gasteiger partial charge in [-0.3, -0.25) is 19.3 Å². The van der Waals surface area contributed by atoms with Gasteiger partial charge in [-0.2, -0.15) is 0 Å². The van der Waals surface area contributed by atoms with Gasteiger partial charge in [0.1, 0.15) is 11.6 Å². The van der Waals surface area contributed by atoms with Crippen molar-refractivity contribution in [3.63, 3.8) is 0 Å². The lowest BCUT2D eigenvalue weighted by atomic mass is 10.0. The highest BCUT2D eigenvalue weighted by molar-refractivity contribution is 6.12. The SMILES string of the molecule is O=C(Nc1ccc(CN2CCOCC2)c2ccccc12)c1cc(F)cc(N2CCOCC2)c1.O=Cc1ccc(NC(=O)c2cc(F)cc(N3CCOCC3)c2)c2ccccc12. The third kappa shape index (κ3) is 10.0. The second-order valence-electron chi connectivity index (χ2n) is 15.1. The van der Waals surface area contributed by atoms with Gasteiger partial charge in [0.15, 0.2) is 6.29 Å². The first-order valence-electron chi connectivity index (χ1n) is 20.5. The van der Waals surface area contributed by atoms with Gasteiger partial charge in [-0.25, -0.2) is 8.78 Å². The summed E-state index contributed by atoms with van der Waals surface area (Å²) in [6.45, 7) is 9.20. The van der Waals surface area contributed by atoms with E-state index in [1.807, 2.05) is 58.3 Å². The number of nitrogens with one attached hydrogen (secondary N) is 2. The molecule has 0 saturated carbocycles. The minimum absolute atomic E-state index is 0.241. The minimum Gasteiger partial charge on any atom is -0.379 e. The van der Waals surface area contributed by atoms with Crippen LogP contribution in [-0.4, -0.2) is 102 Å². The maximum Gasteiger partial charge on any atom is 0.255 e. The minimum atomic E-state index is -0.463. The molecule has 3 heterocycles. The van der Waals surface area contributed by atoms with Crippen molar-refractivity contribution in [1.82, 2.24) is 4.90 Å². The van der Waals surface area contributed by atoms with Crippen molar-refractivity contribution in [3.05, 3.63) is 143 Å². The van der Waals surface area contributed by atoms with Crippen LogP contribution in [0.4, 0.5) is 31.5 Å². The normalized spacial score (nSPS) is 15.8. The fourth-order valence-electron chi connectivity index (χ4n) is 7.95. The predicted molar refractivity (Wildman–Crippen MR) is 234 cm³/mol. The maximum absolute atomic E-state index is 14.4. The van der Waals surface area contributed by atoms with Crippen LogP contribution in [0.3, 0.4) is 0 Å². The molecule has 11 nitrogen and oxygen atoms in total. The predicted octanol–water partition coefficient (Wildman–Crippen LogP) is 7.78. The van der Waals surface area contributed by atoms with E-state index in [2.05, 4.69) is 27.7 Å². The maximum atomic E-state index is 14.4. The Labute approximate surface area is 352 Å². The number of ether oxygens (including phenoxy) is 3. The summed E-state index contributed by atoms with van der Waals surface area (Å²) in [6, 6.07) is 31.6. The first kappa shape index (κ1) is 41.5. The van der Waals surface area contributed by atoms with E-state index in [4.69, 9.17) is 14.2 Å². The quantitative estimate of drug-likeness (QED) is 0.141. The second kappa shape index (κ2) is 19.4. The molecule has 0 radical (unpaired) electrons. The van der Waals surface area contributed by atoms with Crippen molar-refractivity contribution in [2.75, 3.05) is 99.3 Å². The number of fused-ring (bicyclic) bond motifs is 2. The van der Waals surface area contributed by atoms with Crippen LogP contribution >= 0.6 is 0 Å². The molecule has 3 fully saturated rings. The van der Waals surface area contributed by atoms with Gasteiger partial charge in [0.05, 0.1) is 39.6 Å². The highest BCUT2D eigenvalue weighted by Gasteiger charge is 2.19. The third-order valence-corrected chi connectivity index (χ3v) is 11.1. The van der Waals surface area contributed by atoms with Crippen molar-refractivity contribution in [2.24, 2.45) is 0 Å². The highest BCUT2D eigenvalue weighted by Crippen LogP contribution is 2.30. The molecule has 9 rings (SSSR count). The van der Waals surface area contributed by atoms with E-state index in [0.29, 0.717) is 80.8 Å². The molecular formula is C48H47F2N5O6. The molecule has 0 aliphatic carbocycles. The summed E-state index contributed by atoms with van der Waals surface area (Å²) < 4.78 is 44.7. The monoisotopic (exact) mass is 827 g/mol. The van der Waals surface area contributed by atoms with E-state index in [0.717, 1.165) is 66.4 Å². The van der Waals surface area contributed by atoms with Gasteiger partial charge in [0.25, 0.3) is 11.8 Å². The average molecular weight is 828 g/mol. The Morgan fingerprint density at radius 1 is 0.541 bits per heavy atom. The Morgan fingerprint density at radius 2 is 0.984 bits per heavy atom. The van der Waals surface area contributed by atoms with E-state index in [1.54, 1.807) is 24.3 Å². The van der Waals surface area contributed by atoms with Crippen LogP contribution in [0, 0.1) is 11.6 Å². The van der Waals surface area contributed by atoms with E-state index in [-0.39, 0.29) is 11.5 Å². The molecule has 13 heteroatoms. The molecule has 0 bridgehead atoms. The topological polar surface area (TPSA) is 113 Å². The molecule has 314 valence electrons. The Balaban J connectivity index is 0.000000171. The zero-order valence-corrected chi connectivity index (χ0v) is 33.7. The molecular weight excluding hydrogens is 781 g/mol. The van der Waals surface area contributed by atoms with Gasteiger partial charge in [-0.05, 0) is 70.9 Å². The van der Waals surface area contributed by atoms with Crippen LogP contribution in [0.1, 0.15) is 36.6 Å². The van der Waals surface area contributed by atoms with Crippen molar-refractivity contribution in [1.29, 1.82) is 0 Å². The summed E-state index contributed by atoms with van der Waals surface area (Å²) >= 11 is 0. The van der Waals surface area contributed by atoms with Crippen LogP contribution in [-0.2, 0) is 20.8 Å². The molecule has 3 saturated heterocycles. The smallest absolute Gasteiger partial charge is 0.255 e. The number of hydrogen-bond donors (Lipinski definition) is 2. The summed E-state index contributed by atoms with van der Waals surface area (Å²) in [5.74, 6) is -1.61. The van der Waals surface area contributed by atoms with Gasteiger partial charge < -0.3 is 34.6 Å². The number of aldehydes is 1. The zero-order chi connectivity index (χ0) is 42.1. The number of carbonyl (C=O) groups excluding carboxylic acids is 3. The Kier molecular flexibility index (Phi) is 13.2. The summed E-state index contributed by atoms with van der Waals surface area (Å²) in [6.07, 6.45) is 0.787. The second-order valence-corrected chi connectivity index (χ2v) is 15.1. The number of halogens is 2. The Hall–Kier alpha value is -6.25. The molecule has 3 aliphatic rings. The molecule has 3 aliphatic heterocycles. The molecule has 2 amide bonds. The number of amides is 2. The molecule has 0 aromatic heterocycles. The van der Waals surface area contributed by atoms with Crippen LogP contribution in [0.25, 0.3) is 21.5 Å². The number of hydrogen-bond acceptors (Lipinski definition) is 9. The fraction of sp³-hybridized carbons (Fsp3) is 0.271. The molecule has 2 N–H and O–H groups in total. The van der Waals surface area contributed by atoms with Crippen LogP contribution in [0.2, 0.25) is 0 Å². The van der Waals surface area contributed by atoms with E-state index in [9.17, 15) is 23.2 Å². The van der Waals surface area contributed by atoms with E-state index < -0.39 is 17.5 Å². The summed E-state index contributed by atoms with van der Waals surface area (Å²) in [7, 11) is 0. The van der Waals surface area contributed by atoms with Crippen LogP contribution in [0.15, 0.2) is 109 Å². The first-order valence-corrected chi connectivity index (χ1v) is 20.5. The van der Waals surface area contributed by atoms with Crippen molar-refractivity contribution < 1.29 is 37.4 Å². The number of nitrogens with zero attached hydrogens (tertiary/aromatic N) is 3. The first-order chi connectivity index (χ1) is 29.8. The Morgan fingerprint density at radius 3 is 1.49 bits per heavy atom. The molecule has 6 aromatic rings. The lowest BCUT2D eigenvalue weighted by molar-refractivity contribution is 0.0343. The van der Waals surface area contributed by atoms with Crippen molar-refractivity contribution in [2.45, 2.75) is 6.54 Å². The molecule has 61 heavy (non-hydrogen) atoms. The van der Waals surface area contributed by atoms with Crippen molar-refractivity contribution >= 4 is 62.4 Å². The number of anilines is 4. The van der Waals surface area contributed by atoms with Gasteiger partial charge >= 0.3 is 0 Å². The number of rotatable bonds is 9. The van der Waals surface area contributed by atoms with Crippen LogP contribution < -0.4 is 20.4 Å². The average Bonchev–Trinajstić information content (AvgIpc) is 3.30. The van der Waals surface area contributed by atoms with Gasteiger partial charge in [0.2, 0.25) is 0 Å². The summed E-state index contributed by atoms with van der Waals surface area (Å²) in [4.78, 5) is 43.6. The number of benzene rings is 6. The highest BCUT2D eigenvalue weighted by atomic mass is 19.1. The van der Waals surface area contributed by atoms with E-state index in [1.165, 1.54) is 29.8 Å². The summed E-state index contributed by atoms with van der Waals surface area (Å²) in [5, 5.41) is 9.44. The molecule has 6 aromatic carbocycles. The third-order valence-electron chi connectivity index (χ3n) is 11.1. The van der Waals surface area contributed by atoms with Crippen LogP contribution in [0.5, 0.6) is 0 Å². The number of carbonyl (C=O) groups is 3. The lowest BCUT2D eigenvalue weighted by Gasteiger charge is -2.29. The van der Waals surface area contributed by atoms with Gasteiger partial charge in [0, 0.05) is 96.0 Å². The van der Waals surface area contributed by atoms with E-state index >= 15 is 0 Å². The fourth-order valence-corrected chi connectivity index (χ4v) is 7.95. The molecule has 0 atom stereocenters. The molecule has 0 unspecified atom stereocenters. The van der Waals surface area contributed by atoms with Crippen molar-refractivity contribution in [3.8, 4) is 0 Å². The number of morpholine rings is 3. The zero-order valence-electron chi connectivity index (χ0n) is 33.7. The standard InChI is InChI=1S/C26H28FN3O3.C22H19FN2O3/c27-21-15-20(16-22(17-21)30-9-13-33-14-10-30)26(31)28-25-6-5-19(18-29-7-11-32-12-8-29)23-3-1-2-4-24(23)25;23-17-11-16(12-18(13-17)25-7-9-28-10-8-25)22(27)24-21-6-5-15(14-26)19-3-1-2-4-20(19)21/h1-6,15-17H,7-14,18H2,(H,28,31);1-6,11-14H,7-10H2,(H,24,27). The van der Waals surface area contributed by atoms with Gasteiger partial charge in [-0.15, -0.1) is 0 Å². The summed E-state index contributed by atoms with van der Waals surface area (Å²) in [5.41, 5.74) is 4.97. The lowest BCUT2D eigenvalue weighted by Crippen LogP contribution is -2.36. The molecule has 0 spiro atoms. The van der Waals surface area contributed by atoms with Gasteiger partial charge in [-0.1, -0.05) is 54.6 Å².